The molecule has 86 valence electrons. The van der Waals surface area contributed by atoms with Gasteiger partial charge in [0.15, 0.2) is 5.82 Å². The Kier molecular flexibility index (Phi) is 2.56. The monoisotopic (exact) mass is 245 g/mol. The molecule has 17 heavy (non-hydrogen) atoms. The van der Waals surface area contributed by atoms with Crippen LogP contribution in [0, 0.1) is 6.92 Å². The molecule has 0 aromatic carbocycles. The molecule has 0 aliphatic heterocycles. The summed E-state index contributed by atoms with van der Waals surface area (Å²) in [6, 6.07) is 1.93. The third-order valence-corrected chi connectivity index (χ3v) is 3.46. The van der Waals surface area contributed by atoms with Crippen molar-refractivity contribution in [2.45, 2.75) is 26.2 Å². The second kappa shape index (κ2) is 4.08. The minimum Gasteiger partial charge on any atom is -0.264 e. The van der Waals surface area contributed by atoms with Crippen LogP contribution in [0.1, 0.15) is 23.2 Å². The van der Waals surface area contributed by atoms with Gasteiger partial charge in [-0.2, -0.15) is 0 Å². The highest BCUT2D eigenvalue weighted by atomic mass is 35.5. The van der Waals surface area contributed by atoms with E-state index in [9.17, 15) is 0 Å². The van der Waals surface area contributed by atoms with Crippen molar-refractivity contribution >= 4 is 11.6 Å². The Bertz CT molecular complexity index is 581. The lowest BCUT2D eigenvalue weighted by molar-refractivity contribution is 0.900. The first-order chi connectivity index (χ1) is 8.25. The van der Waals surface area contributed by atoms with Gasteiger partial charge in [-0.05, 0) is 37.8 Å². The van der Waals surface area contributed by atoms with E-state index in [1.807, 2.05) is 19.2 Å². The molecule has 0 saturated heterocycles. The van der Waals surface area contributed by atoms with Crippen molar-refractivity contribution < 1.29 is 0 Å². The van der Waals surface area contributed by atoms with E-state index in [2.05, 4.69) is 15.0 Å². The van der Waals surface area contributed by atoms with Crippen LogP contribution in [0.5, 0.6) is 0 Å². The molecular weight excluding hydrogens is 234 g/mol. The van der Waals surface area contributed by atoms with Crippen molar-refractivity contribution in [2.24, 2.45) is 0 Å². The number of fused-ring (bicyclic) bond motifs is 1. The second-order valence-electron chi connectivity index (χ2n) is 4.31. The van der Waals surface area contributed by atoms with Crippen LogP contribution in [-0.2, 0) is 12.8 Å². The molecule has 0 saturated carbocycles. The molecule has 0 N–H and O–H groups in total. The number of aryl methyl sites for hydroxylation is 2. The number of nitrogens with zero attached hydrogens (tertiary/aromatic N) is 3. The SMILES string of the molecule is Cc1cnccc1-c1nc(Cl)c2c(n1)CCC2. The van der Waals surface area contributed by atoms with Crippen LogP contribution in [0.4, 0.5) is 0 Å². The van der Waals surface area contributed by atoms with Crippen LogP contribution in [0.2, 0.25) is 5.15 Å². The van der Waals surface area contributed by atoms with E-state index in [4.69, 9.17) is 11.6 Å². The maximum Gasteiger partial charge on any atom is 0.161 e. The van der Waals surface area contributed by atoms with E-state index in [0.29, 0.717) is 5.15 Å². The molecule has 2 aromatic rings. The van der Waals surface area contributed by atoms with Crippen molar-refractivity contribution in [3.63, 3.8) is 0 Å². The zero-order chi connectivity index (χ0) is 11.8. The Hall–Kier alpha value is -1.48. The molecule has 3 nitrogen and oxygen atoms in total. The first-order valence-corrected chi connectivity index (χ1v) is 6.10. The van der Waals surface area contributed by atoms with Crippen LogP contribution in [0.15, 0.2) is 18.5 Å². The predicted octanol–water partition coefficient (Wildman–Crippen LogP) is 2.99. The van der Waals surface area contributed by atoms with Gasteiger partial charge in [-0.1, -0.05) is 11.6 Å². The molecule has 1 aliphatic carbocycles. The van der Waals surface area contributed by atoms with E-state index in [0.717, 1.165) is 47.5 Å². The van der Waals surface area contributed by atoms with Crippen molar-refractivity contribution in [1.29, 1.82) is 0 Å². The Morgan fingerprint density at radius 1 is 1.24 bits per heavy atom. The summed E-state index contributed by atoms with van der Waals surface area (Å²) in [6.07, 6.45) is 6.72. The summed E-state index contributed by atoms with van der Waals surface area (Å²) in [5.41, 5.74) is 4.32. The molecule has 0 spiro atoms. The lowest BCUT2D eigenvalue weighted by Gasteiger charge is -2.07. The minimum absolute atomic E-state index is 0.610. The molecule has 4 heteroatoms. The molecule has 0 radical (unpaired) electrons. The van der Waals surface area contributed by atoms with Gasteiger partial charge in [0.2, 0.25) is 0 Å². The smallest absolute Gasteiger partial charge is 0.161 e. The quantitative estimate of drug-likeness (QED) is 0.725. The number of rotatable bonds is 1. The number of pyridine rings is 1. The van der Waals surface area contributed by atoms with Crippen molar-refractivity contribution in [3.05, 3.63) is 40.4 Å². The van der Waals surface area contributed by atoms with Gasteiger partial charge in [-0.25, -0.2) is 9.97 Å². The van der Waals surface area contributed by atoms with Gasteiger partial charge in [0.05, 0.1) is 0 Å². The summed E-state index contributed by atoms with van der Waals surface area (Å²) in [4.78, 5) is 13.1. The van der Waals surface area contributed by atoms with E-state index >= 15 is 0 Å². The molecule has 2 heterocycles. The van der Waals surface area contributed by atoms with Gasteiger partial charge in [-0.3, -0.25) is 4.98 Å². The average Bonchev–Trinajstić information content (AvgIpc) is 2.78. The third-order valence-electron chi connectivity index (χ3n) is 3.14. The van der Waals surface area contributed by atoms with E-state index in [1.54, 1.807) is 6.20 Å². The van der Waals surface area contributed by atoms with Crippen molar-refractivity contribution in [2.75, 3.05) is 0 Å². The fourth-order valence-electron chi connectivity index (χ4n) is 2.23. The molecular formula is C13H12ClN3. The molecule has 0 fully saturated rings. The molecule has 0 unspecified atom stereocenters. The molecule has 0 bridgehead atoms. The summed E-state index contributed by atoms with van der Waals surface area (Å²) >= 11 is 6.21. The standard InChI is InChI=1S/C13H12ClN3/c1-8-7-15-6-5-9(8)13-16-11-4-2-3-10(11)12(14)17-13/h5-7H,2-4H2,1H3. The first kappa shape index (κ1) is 10.7. The van der Waals surface area contributed by atoms with Crippen LogP contribution in [-0.4, -0.2) is 15.0 Å². The molecule has 2 aromatic heterocycles. The maximum atomic E-state index is 6.21. The topological polar surface area (TPSA) is 38.7 Å². The lowest BCUT2D eigenvalue weighted by Crippen LogP contribution is -1.98. The van der Waals surface area contributed by atoms with Gasteiger partial charge in [0.25, 0.3) is 0 Å². The Morgan fingerprint density at radius 3 is 2.94 bits per heavy atom. The number of hydrogen-bond donors (Lipinski definition) is 0. The fourth-order valence-corrected chi connectivity index (χ4v) is 2.52. The maximum absolute atomic E-state index is 6.21. The van der Waals surface area contributed by atoms with Gasteiger partial charge in [-0.15, -0.1) is 0 Å². The third kappa shape index (κ3) is 1.80. The summed E-state index contributed by atoms with van der Waals surface area (Å²) < 4.78 is 0. The summed E-state index contributed by atoms with van der Waals surface area (Å²) in [6.45, 7) is 2.01. The summed E-state index contributed by atoms with van der Waals surface area (Å²) in [7, 11) is 0. The van der Waals surface area contributed by atoms with Crippen molar-refractivity contribution in [1.82, 2.24) is 15.0 Å². The predicted molar refractivity (Wildman–Crippen MR) is 67.0 cm³/mol. The van der Waals surface area contributed by atoms with Crippen LogP contribution in [0.3, 0.4) is 0 Å². The lowest BCUT2D eigenvalue weighted by atomic mass is 10.1. The summed E-state index contributed by atoms with van der Waals surface area (Å²) in [5, 5.41) is 0.610. The highest BCUT2D eigenvalue weighted by Gasteiger charge is 2.19. The highest BCUT2D eigenvalue weighted by molar-refractivity contribution is 6.30. The van der Waals surface area contributed by atoms with Gasteiger partial charge in [0.1, 0.15) is 5.15 Å². The van der Waals surface area contributed by atoms with E-state index < -0.39 is 0 Å². The average molecular weight is 246 g/mol. The number of hydrogen-bond acceptors (Lipinski definition) is 3. The molecule has 0 atom stereocenters. The largest absolute Gasteiger partial charge is 0.264 e. The fraction of sp³-hybridized carbons (Fsp3) is 0.308. The molecule has 0 amide bonds. The Labute approximate surface area is 105 Å². The van der Waals surface area contributed by atoms with Crippen LogP contribution in [0.25, 0.3) is 11.4 Å². The van der Waals surface area contributed by atoms with E-state index in [-0.39, 0.29) is 0 Å². The van der Waals surface area contributed by atoms with Crippen LogP contribution < -0.4 is 0 Å². The number of halogens is 1. The normalized spacial score (nSPS) is 13.8. The Morgan fingerprint density at radius 2 is 2.12 bits per heavy atom. The summed E-state index contributed by atoms with van der Waals surface area (Å²) in [5.74, 6) is 0.718. The first-order valence-electron chi connectivity index (χ1n) is 5.72. The minimum atomic E-state index is 0.610. The molecule has 1 aliphatic rings. The second-order valence-corrected chi connectivity index (χ2v) is 4.67. The number of aromatic nitrogens is 3. The van der Waals surface area contributed by atoms with E-state index in [1.165, 1.54) is 0 Å². The van der Waals surface area contributed by atoms with Gasteiger partial charge in [0, 0.05) is 29.2 Å². The van der Waals surface area contributed by atoms with Gasteiger partial charge < -0.3 is 0 Å². The van der Waals surface area contributed by atoms with Crippen molar-refractivity contribution in [3.8, 4) is 11.4 Å². The Balaban J connectivity index is 2.17. The van der Waals surface area contributed by atoms with Crippen LogP contribution >= 0.6 is 11.6 Å². The highest BCUT2D eigenvalue weighted by Crippen LogP contribution is 2.29. The zero-order valence-electron chi connectivity index (χ0n) is 9.57. The zero-order valence-corrected chi connectivity index (χ0v) is 10.3. The molecule has 3 rings (SSSR count). The van der Waals surface area contributed by atoms with Gasteiger partial charge >= 0.3 is 0 Å².